The van der Waals surface area contributed by atoms with Crippen LogP contribution in [-0.2, 0) is 15.7 Å². The van der Waals surface area contributed by atoms with Gasteiger partial charge in [-0.05, 0) is 37.1 Å². The van der Waals surface area contributed by atoms with Gasteiger partial charge in [-0.2, -0.15) is 0 Å². The van der Waals surface area contributed by atoms with Crippen LogP contribution in [0.5, 0.6) is 17.4 Å². The van der Waals surface area contributed by atoms with Crippen LogP contribution in [0.2, 0.25) is 0 Å². The normalized spacial score (nSPS) is 12.5. The molecule has 1 aromatic carbocycles. The minimum atomic E-state index is -1.67. The third-order valence-electron chi connectivity index (χ3n) is 5.57. The third-order valence-corrected chi connectivity index (χ3v) is 6.59. The van der Waals surface area contributed by atoms with Crippen LogP contribution in [0.1, 0.15) is 30.8 Å². The van der Waals surface area contributed by atoms with E-state index in [0.29, 0.717) is 47.0 Å². The Bertz CT molecular complexity index is 1390. The van der Waals surface area contributed by atoms with Crippen LogP contribution in [0.4, 0.5) is 5.95 Å². The molecule has 0 saturated carbocycles. The first-order valence-electron chi connectivity index (χ1n) is 12.2. The maximum absolute atomic E-state index is 13.5. The zero-order chi connectivity index (χ0) is 27.8. The van der Waals surface area contributed by atoms with Gasteiger partial charge in [-0.1, -0.05) is 19.1 Å². The molecule has 0 spiro atoms. The number of nitrogens with one attached hydrogen (secondary N) is 1. The molecule has 206 valence electrons. The molecule has 1 N–H and O–H groups in total. The Morgan fingerprint density at radius 2 is 1.67 bits per heavy atom. The highest BCUT2D eigenvalue weighted by Gasteiger charge is 2.26. The summed E-state index contributed by atoms with van der Waals surface area (Å²) in [7, 11) is 2.97. The predicted molar refractivity (Wildman–Crippen MR) is 147 cm³/mol. The fourth-order valence-electron chi connectivity index (χ4n) is 3.74. The molecule has 0 radical (unpaired) electrons. The summed E-state index contributed by atoms with van der Waals surface area (Å²) in [6.07, 6.45) is 3.62. The Balaban J connectivity index is 1.75. The summed E-state index contributed by atoms with van der Waals surface area (Å²) in [5.41, 5.74) is 1.91. The van der Waals surface area contributed by atoms with Gasteiger partial charge in [-0.15, -0.1) is 10.2 Å². The largest absolute Gasteiger partial charge is 0.494 e. The average Bonchev–Trinajstić information content (AvgIpc) is 3.37. The topological polar surface area (TPSA) is 135 Å². The number of hydrogen-bond acceptors (Lipinski definition) is 10. The molecule has 13 heteroatoms. The maximum atomic E-state index is 13.5. The molecular weight excluding hydrogens is 522 g/mol. The summed E-state index contributed by atoms with van der Waals surface area (Å²) in [4.78, 5) is 13.3. The number of methoxy groups -OCH3 is 3. The van der Waals surface area contributed by atoms with Crippen LogP contribution in [0.3, 0.4) is 0 Å². The van der Waals surface area contributed by atoms with Gasteiger partial charge in [0.2, 0.25) is 11.8 Å². The van der Waals surface area contributed by atoms with Gasteiger partial charge in [-0.25, -0.2) is 19.2 Å². The number of benzene rings is 1. The second-order valence-electron chi connectivity index (χ2n) is 8.35. The molecule has 0 saturated heterocycles. The summed E-state index contributed by atoms with van der Waals surface area (Å²) < 4.78 is 40.6. The van der Waals surface area contributed by atoms with Crippen molar-refractivity contribution in [3.63, 3.8) is 0 Å². The third kappa shape index (κ3) is 6.49. The number of nitrogens with zero attached hydrogens (tertiary/aromatic N) is 6. The summed E-state index contributed by atoms with van der Waals surface area (Å²) in [5.74, 6) is 2.46. The van der Waals surface area contributed by atoms with Gasteiger partial charge in [0.15, 0.2) is 11.6 Å². The molecule has 0 bridgehead atoms. The summed E-state index contributed by atoms with van der Waals surface area (Å²) in [6.45, 7) is 4.37. The van der Waals surface area contributed by atoms with Crippen molar-refractivity contribution in [3.8, 4) is 34.6 Å². The first kappa shape index (κ1) is 27.9. The lowest BCUT2D eigenvalue weighted by molar-refractivity contribution is 0.0630. The Morgan fingerprint density at radius 3 is 2.31 bits per heavy atom. The zero-order valence-electron chi connectivity index (χ0n) is 22.5. The molecular formula is C26H31N7O5S. The van der Waals surface area contributed by atoms with Crippen molar-refractivity contribution < 1.29 is 23.2 Å². The zero-order valence-corrected chi connectivity index (χ0v) is 23.3. The molecule has 0 aliphatic rings. The second-order valence-corrected chi connectivity index (χ2v) is 9.58. The Morgan fingerprint density at radius 1 is 0.974 bits per heavy atom. The minimum Gasteiger partial charge on any atom is -0.494 e. The first-order chi connectivity index (χ1) is 19.0. The summed E-state index contributed by atoms with van der Waals surface area (Å²) in [5, 5.41) is 8.68. The van der Waals surface area contributed by atoms with Crippen molar-refractivity contribution in [2.45, 2.75) is 26.4 Å². The quantitative estimate of drug-likeness (QED) is 0.261. The van der Waals surface area contributed by atoms with Crippen molar-refractivity contribution in [3.05, 3.63) is 60.2 Å². The molecule has 0 aliphatic heterocycles. The molecule has 12 nitrogen and oxygen atoms in total. The highest BCUT2D eigenvalue weighted by Crippen LogP contribution is 2.37. The monoisotopic (exact) mass is 553 g/mol. The fourth-order valence-corrected chi connectivity index (χ4v) is 4.68. The van der Waals surface area contributed by atoms with Crippen molar-refractivity contribution in [2.24, 2.45) is 0 Å². The number of para-hydroxylation sites is 1. The van der Waals surface area contributed by atoms with E-state index in [2.05, 4.69) is 29.9 Å². The predicted octanol–water partition coefficient (Wildman–Crippen LogP) is 3.70. The van der Waals surface area contributed by atoms with Gasteiger partial charge in [-0.3, -0.25) is 9.29 Å². The van der Waals surface area contributed by atoms with E-state index in [1.54, 1.807) is 67.6 Å². The van der Waals surface area contributed by atoms with E-state index < -0.39 is 17.1 Å². The summed E-state index contributed by atoms with van der Waals surface area (Å²) in [6, 6.07) is 10.7. The van der Waals surface area contributed by atoms with Gasteiger partial charge < -0.3 is 18.9 Å². The van der Waals surface area contributed by atoms with Gasteiger partial charge in [0, 0.05) is 25.1 Å². The smallest absolute Gasteiger partial charge is 0.241 e. The van der Waals surface area contributed by atoms with Crippen molar-refractivity contribution in [2.75, 3.05) is 38.4 Å². The van der Waals surface area contributed by atoms with Crippen LogP contribution < -0.4 is 18.9 Å². The van der Waals surface area contributed by atoms with Crippen LogP contribution in [-0.4, -0.2) is 67.6 Å². The lowest BCUT2D eigenvalue weighted by Gasteiger charge is -2.19. The Labute approximate surface area is 229 Å². The van der Waals surface area contributed by atoms with Gasteiger partial charge >= 0.3 is 0 Å². The van der Waals surface area contributed by atoms with E-state index in [0.717, 1.165) is 12.0 Å². The van der Waals surface area contributed by atoms with E-state index in [9.17, 15) is 4.21 Å². The average molecular weight is 554 g/mol. The molecule has 4 rings (SSSR count). The molecule has 4 aromatic rings. The molecule has 0 amide bonds. The van der Waals surface area contributed by atoms with E-state index >= 15 is 0 Å². The second kappa shape index (κ2) is 13.1. The molecule has 3 aromatic heterocycles. The minimum absolute atomic E-state index is 0.0751. The number of ether oxygens (including phenoxy) is 4. The lowest BCUT2D eigenvalue weighted by atomic mass is 10.2. The maximum Gasteiger partial charge on any atom is 0.241 e. The SMILES string of the molecule is CCCOC(CS(=O)Nc1nnc(-c2cccc(OC)n2)n1-c1c(OC)cccc1OC)c1ncc(C)cn1. The van der Waals surface area contributed by atoms with Crippen molar-refractivity contribution in [1.29, 1.82) is 0 Å². The molecule has 39 heavy (non-hydrogen) atoms. The van der Waals surface area contributed by atoms with Crippen molar-refractivity contribution in [1.82, 2.24) is 29.7 Å². The number of aromatic nitrogens is 6. The van der Waals surface area contributed by atoms with Crippen LogP contribution >= 0.6 is 0 Å². The Kier molecular flexibility index (Phi) is 9.39. The van der Waals surface area contributed by atoms with E-state index in [-0.39, 0.29) is 11.7 Å². The molecule has 0 aliphatic carbocycles. The van der Waals surface area contributed by atoms with Crippen LogP contribution in [0.25, 0.3) is 17.2 Å². The number of hydrogen-bond donors (Lipinski definition) is 1. The number of pyridine rings is 1. The molecule has 2 atom stereocenters. The number of anilines is 1. The van der Waals surface area contributed by atoms with Crippen molar-refractivity contribution >= 4 is 16.9 Å². The highest BCUT2D eigenvalue weighted by molar-refractivity contribution is 7.86. The van der Waals surface area contributed by atoms with Crippen LogP contribution in [0.15, 0.2) is 48.8 Å². The highest BCUT2D eigenvalue weighted by atomic mass is 32.2. The van der Waals surface area contributed by atoms with E-state index in [1.807, 2.05) is 13.8 Å². The molecule has 0 fully saturated rings. The van der Waals surface area contributed by atoms with E-state index in [1.165, 1.54) is 7.11 Å². The molecule has 3 heterocycles. The standard InChI is InChI=1S/C26H31N7O5S/c1-6-13-38-21(24-27-14-17(2)15-28-24)16-39(34)32-26-31-30-25(18-9-7-12-22(29-18)37-5)33(26)23-19(35-3)10-8-11-20(23)36-4/h7-12,14-15,21H,6,13,16H2,1-5H3,(H,31,32). The van der Waals surface area contributed by atoms with Gasteiger partial charge in [0.25, 0.3) is 0 Å². The van der Waals surface area contributed by atoms with Crippen LogP contribution in [0, 0.1) is 6.92 Å². The van der Waals surface area contributed by atoms with Gasteiger partial charge in [0.1, 0.15) is 40.0 Å². The van der Waals surface area contributed by atoms with E-state index in [4.69, 9.17) is 18.9 Å². The number of rotatable bonds is 13. The lowest BCUT2D eigenvalue weighted by Crippen LogP contribution is -2.21. The fraction of sp³-hybridized carbons (Fsp3) is 0.346. The first-order valence-corrected chi connectivity index (χ1v) is 13.5. The number of aryl methyl sites for hydroxylation is 1. The molecule has 2 unspecified atom stereocenters. The van der Waals surface area contributed by atoms with Gasteiger partial charge in [0.05, 0.1) is 27.1 Å². The Hall–Kier alpha value is -4.10. The summed E-state index contributed by atoms with van der Waals surface area (Å²) >= 11 is 0.